The number of H-pyrrole nitrogens is 2. The van der Waals surface area contributed by atoms with Gasteiger partial charge in [-0.15, -0.1) is 0 Å². The van der Waals surface area contributed by atoms with E-state index in [9.17, 15) is 0 Å². The minimum absolute atomic E-state index is 0.772. The zero-order valence-electron chi connectivity index (χ0n) is 17.0. The summed E-state index contributed by atoms with van der Waals surface area (Å²) in [5.41, 5.74) is 8.22. The summed E-state index contributed by atoms with van der Waals surface area (Å²) >= 11 is 0. The second kappa shape index (κ2) is 7.84. The minimum atomic E-state index is 0.772. The highest BCUT2D eigenvalue weighted by molar-refractivity contribution is 5.99. The molecule has 0 saturated carbocycles. The van der Waals surface area contributed by atoms with Crippen molar-refractivity contribution in [2.24, 2.45) is 0 Å². The Kier molecular flexibility index (Phi) is 4.72. The fourth-order valence-corrected chi connectivity index (χ4v) is 3.68. The average Bonchev–Trinajstić information content (AvgIpc) is 3.43. The van der Waals surface area contributed by atoms with E-state index < -0.39 is 0 Å². The lowest BCUT2D eigenvalue weighted by Gasteiger charge is -2.02. The molecule has 0 spiro atoms. The maximum atomic E-state index is 4.89. The number of nitrogens with one attached hydrogen (secondary N) is 2. The smallest absolute Gasteiger partial charge is 0.135 e. The Balaban J connectivity index is 1.65. The molecule has 0 aromatic carbocycles. The molecule has 0 fully saturated rings. The lowest BCUT2D eigenvalue weighted by molar-refractivity contribution is 1.12. The van der Waals surface area contributed by atoms with Crippen molar-refractivity contribution >= 4 is 27.5 Å². The highest BCUT2D eigenvalue weighted by Gasteiger charge is 2.15. The molecule has 0 aliphatic heterocycles. The van der Waals surface area contributed by atoms with Crippen molar-refractivity contribution in [2.75, 3.05) is 0 Å². The van der Waals surface area contributed by atoms with E-state index in [4.69, 9.17) is 4.98 Å². The number of aromatic nitrogens is 6. The predicted molar refractivity (Wildman–Crippen MR) is 125 cm³/mol. The van der Waals surface area contributed by atoms with Gasteiger partial charge in [0.25, 0.3) is 0 Å². The van der Waals surface area contributed by atoms with Crippen LogP contribution in [0.25, 0.3) is 50.0 Å². The Morgan fingerprint density at radius 2 is 2.00 bits per heavy atom. The summed E-state index contributed by atoms with van der Waals surface area (Å²) in [4.78, 5) is 17.0. The van der Waals surface area contributed by atoms with E-state index in [1.54, 1.807) is 12.3 Å². The largest absolute Gasteiger partial charge is 0.352 e. The maximum Gasteiger partial charge on any atom is 0.135 e. The molecule has 6 nitrogen and oxygen atoms in total. The van der Waals surface area contributed by atoms with Gasteiger partial charge in [-0.2, -0.15) is 5.10 Å². The molecule has 0 radical (unpaired) electrons. The van der Waals surface area contributed by atoms with Crippen molar-refractivity contribution < 1.29 is 0 Å². The third-order valence-electron chi connectivity index (χ3n) is 5.20. The maximum absolute atomic E-state index is 4.89. The highest BCUT2D eigenvalue weighted by Crippen LogP contribution is 2.33. The van der Waals surface area contributed by atoms with E-state index in [-0.39, 0.29) is 0 Å². The summed E-state index contributed by atoms with van der Waals surface area (Å²) in [5, 5.41) is 8.70. The topological polar surface area (TPSA) is 83.1 Å². The van der Waals surface area contributed by atoms with Gasteiger partial charge >= 0.3 is 0 Å². The minimum Gasteiger partial charge on any atom is -0.352 e. The van der Waals surface area contributed by atoms with Crippen LogP contribution in [0.5, 0.6) is 0 Å². The van der Waals surface area contributed by atoms with E-state index in [0.717, 1.165) is 55.7 Å². The Labute approximate surface area is 179 Å². The average molecular weight is 404 g/mol. The molecule has 0 bridgehead atoms. The number of aromatic amines is 2. The van der Waals surface area contributed by atoms with Gasteiger partial charge in [0.1, 0.15) is 11.2 Å². The Morgan fingerprint density at radius 1 is 1.06 bits per heavy atom. The molecule has 150 valence electrons. The van der Waals surface area contributed by atoms with Gasteiger partial charge in [0.15, 0.2) is 0 Å². The molecular formula is C25H20N6. The van der Waals surface area contributed by atoms with E-state index in [1.807, 2.05) is 68.0 Å². The second-order valence-corrected chi connectivity index (χ2v) is 7.08. The molecule has 5 rings (SSSR count). The van der Waals surface area contributed by atoms with Crippen molar-refractivity contribution in [2.45, 2.75) is 6.92 Å². The molecule has 5 aromatic rings. The van der Waals surface area contributed by atoms with Crippen LogP contribution in [0.1, 0.15) is 12.6 Å². The van der Waals surface area contributed by atoms with E-state index in [2.05, 4.69) is 37.8 Å². The lowest BCUT2D eigenvalue weighted by atomic mass is 10.1. The number of rotatable bonds is 5. The summed E-state index contributed by atoms with van der Waals surface area (Å²) in [6.07, 6.45) is 15.0. The van der Waals surface area contributed by atoms with E-state index in [0.29, 0.717) is 0 Å². The zero-order chi connectivity index (χ0) is 21.2. The Hall–Kier alpha value is -4.32. The van der Waals surface area contributed by atoms with Crippen LogP contribution >= 0.6 is 0 Å². The summed E-state index contributed by atoms with van der Waals surface area (Å²) < 4.78 is 0. The van der Waals surface area contributed by atoms with Crippen LogP contribution in [0.15, 0.2) is 86.0 Å². The molecule has 0 aliphatic carbocycles. The molecule has 0 unspecified atom stereocenters. The van der Waals surface area contributed by atoms with Gasteiger partial charge in [-0.1, -0.05) is 36.9 Å². The third kappa shape index (κ3) is 3.34. The highest BCUT2D eigenvalue weighted by atomic mass is 15.1. The first-order valence-corrected chi connectivity index (χ1v) is 9.97. The van der Waals surface area contributed by atoms with Crippen LogP contribution in [0.3, 0.4) is 0 Å². The first-order chi connectivity index (χ1) is 15.3. The molecule has 0 atom stereocenters. The van der Waals surface area contributed by atoms with Crippen LogP contribution < -0.4 is 0 Å². The molecule has 31 heavy (non-hydrogen) atoms. The van der Waals surface area contributed by atoms with Crippen LogP contribution in [0.2, 0.25) is 0 Å². The quantitative estimate of drug-likeness (QED) is 0.368. The second-order valence-electron chi connectivity index (χ2n) is 7.08. The number of hydrogen-bond acceptors (Lipinski definition) is 4. The number of nitrogens with zero attached hydrogens (tertiary/aromatic N) is 4. The van der Waals surface area contributed by atoms with Crippen LogP contribution in [-0.2, 0) is 0 Å². The normalized spacial score (nSPS) is 12.2. The van der Waals surface area contributed by atoms with Gasteiger partial charge in [-0.3, -0.25) is 15.1 Å². The standard InChI is InChI=1S/C25H20N6/c1-3-5-7-16(4-2)20-9-10-21-24(29-20)25(31-30-21)22-12-18-19(14-27-15-23(18)28-22)17-8-6-11-26-13-17/h3-15,28H,1H2,2H3,(H,30,31)/b7-5-,16-4+. The SMILES string of the molecule is C=C/C=C\C(=C/C)c1ccc2[nH]nc(-c3cc4c(-c5cccnc5)cncc4[nH]3)c2n1. The van der Waals surface area contributed by atoms with Gasteiger partial charge in [-0.25, -0.2) is 4.98 Å². The van der Waals surface area contributed by atoms with Crippen molar-refractivity contribution in [3.05, 3.63) is 91.7 Å². The molecule has 0 aliphatic rings. The Morgan fingerprint density at radius 3 is 2.81 bits per heavy atom. The number of hydrogen-bond donors (Lipinski definition) is 2. The van der Waals surface area contributed by atoms with Crippen molar-refractivity contribution in [3.8, 4) is 22.5 Å². The predicted octanol–water partition coefficient (Wildman–Crippen LogP) is 5.71. The molecule has 0 amide bonds. The summed E-state index contributed by atoms with van der Waals surface area (Å²) in [6.45, 7) is 5.74. The fourth-order valence-electron chi connectivity index (χ4n) is 3.68. The molecular weight excluding hydrogens is 384 g/mol. The van der Waals surface area contributed by atoms with Gasteiger partial charge < -0.3 is 4.98 Å². The van der Waals surface area contributed by atoms with Crippen LogP contribution in [-0.4, -0.2) is 30.1 Å². The van der Waals surface area contributed by atoms with Crippen LogP contribution in [0, 0.1) is 0 Å². The van der Waals surface area contributed by atoms with E-state index in [1.165, 1.54) is 0 Å². The number of fused-ring (bicyclic) bond motifs is 2. The summed E-state index contributed by atoms with van der Waals surface area (Å²) in [7, 11) is 0. The first kappa shape index (κ1) is 18.7. The summed E-state index contributed by atoms with van der Waals surface area (Å²) in [5.74, 6) is 0. The number of pyridine rings is 3. The van der Waals surface area contributed by atoms with Crippen molar-refractivity contribution in [3.63, 3.8) is 0 Å². The fraction of sp³-hybridized carbons (Fsp3) is 0.0400. The lowest BCUT2D eigenvalue weighted by Crippen LogP contribution is -1.88. The van der Waals surface area contributed by atoms with E-state index >= 15 is 0 Å². The molecule has 6 heteroatoms. The summed E-state index contributed by atoms with van der Waals surface area (Å²) in [6, 6.07) is 10.0. The molecule has 5 aromatic heterocycles. The Bertz CT molecular complexity index is 1450. The molecule has 5 heterocycles. The first-order valence-electron chi connectivity index (χ1n) is 9.97. The van der Waals surface area contributed by atoms with Gasteiger partial charge in [-0.05, 0) is 36.8 Å². The molecule has 0 saturated heterocycles. The zero-order valence-corrected chi connectivity index (χ0v) is 17.0. The van der Waals surface area contributed by atoms with Gasteiger partial charge in [0.2, 0.25) is 0 Å². The van der Waals surface area contributed by atoms with Gasteiger partial charge in [0, 0.05) is 35.1 Å². The third-order valence-corrected chi connectivity index (χ3v) is 5.20. The van der Waals surface area contributed by atoms with Crippen molar-refractivity contribution in [1.29, 1.82) is 0 Å². The molecule has 2 N–H and O–H groups in total. The van der Waals surface area contributed by atoms with Gasteiger partial charge in [0.05, 0.1) is 28.6 Å². The van der Waals surface area contributed by atoms with Crippen molar-refractivity contribution in [1.82, 2.24) is 30.1 Å². The monoisotopic (exact) mass is 404 g/mol. The number of allylic oxidation sites excluding steroid dienone is 5. The van der Waals surface area contributed by atoms with Crippen LogP contribution in [0.4, 0.5) is 0 Å².